The van der Waals surface area contributed by atoms with Crippen LogP contribution in [-0.2, 0) is 5.41 Å². The van der Waals surface area contributed by atoms with E-state index in [1.807, 2.05) is 36.4 Å². The maximum Gasteiger partial charge on any atom is 0.198 e. The smallest absolute Gasteiger partial charge is 0.198 e. The first-order valence-electron chi connectivity index (χ1n) is 8.27. The van der Waals surface area contributed by atoms with Crippen molar-refractivity contribution in [1.82, 2.24) is 0 Å². The van der Waals surface area contributed by atoms with E-state index in [1.54, 1.807) is 18.2 Å². The molecule has 0 aliphatic carbocycles. The quantitative estimate of drug-likeness (QED) is 0.473. The minimum absolute atomic E-state index is 0.156. The first-order chi connectivity index (χ1) is 12.5. The maximum atomic E-state index is 7.20. The van der Waals surface area contributed by atoms with Gasteiger partial charge in [0.1, 0.15) is 11.5 Å². The second-order valence-electron chi connectivity index (χ2n) is 6.50. The molecule has 0 radical (unpaired) electrons. The third-order valence-electron chi connectivity index (χ3n) is 4.47. The highest BCUT2D eigenvalue weighted by Gasteiger charge is 2.23. The van der Waals surface area contributed by atoms with E-state index < -0.39 is 0 Å². The number of ether oxygens (including phenoxy) is 1. The molecular formula is C23H18N2O. The molecular weight excluding hydrogens is 320 g/mol. The second-order valence-corrected chi connectivity index (χ2v) is 6.50. The van der Waals surface area contributed by atoms with Crippen LogP contribution < -0.4 is 4.74 Å². The summed E-state index contributed by atoms with van der Waals surface area (Å²) in [6.07, 6.45) is 0. The topological polar surface area (TPSA) is 17.9 Å². The van der Waals surface area contributed by atoms with Gasteiger partial charge in [0, 0.05) is 5.41 Å². The van der Waals surface area contributed by atoms with Crippen LogP contribution in [0.15, 0.2) is 72.8 Å². The van der Waals surface area contributed by atoms with Crippen molar-refractivity contribution >= 4 is 11.4 Å². The summed E-state index contributed by atoms with van der Waals surface area (Å²) in [7, 11) is 0. The van der Waals surface area contributed by atoms with Crippen molar-refractivity contribution in [2.24, 2.45) is 0 Å². The lowest BCUT2D eigenvalue weighted by atomic mass is 9.78. The van der Waals surface area contributed by atoms with Crippen LogP contribution in [0, 0.1) is 13.1 Å². The van der Waals surface area contributed by atoms with Crippen molar-refractivity contribution in [2.45, 2.75) is 19.3 Å². The molecule has 3 aromatic rings. The van der Waals surface area contributed by atoms with Gasteiger partial charge in [0.25, 0.3) is 0 Å². The summed E-state index contributed by atoms with van der Waals surface area (Å²) in [6.45, 7) is 18.7. The molecule has 0 aliphatic rings. The Balaban J connectivity index is 1.91. The van der Waals surface area contributed by atoms with Gasteiger partial charge in [-0.3, -0.25) is 4.85 Å². The fourth-order valence-electron chi connectivity index (χ4n) is 2.86. The zero-order chi connectivity index (χ0) is 18.6. The molecule has 0 aromatic heterocycles. The van der Waals surface area contributed by atoms with E-state index in [1.165, 1.54) is 5.56 Å². The predicted octanol–water partition coefficient (Wildman–Crippen LogP) is 6.91. The highest BCUT2D eigenvalue weighted by molar-refractivity contribution is 5.72. The molecule has 3 nitrogen and oxygen atoms in total. The van der Waals surface area contributed by atoms with Gasteiger partial charge < -0.3 is 4.74 Å². The summed E-state index contributed by atoms with van der Waals surface area (Å²) in [5.41, 5.74) is 2.86. The van der Waals surface area contributed by atoms with E-state index in [-0.39, 0.29) is 5.41 Å². The molecule has 3 aromatic carbocycles. The standard InChI is InChI=1S/C23H18N2O/c1-23(2,17-9-6-5-7-10-17)18-11-8-12-19(15-18)26-20-13-14-21(24-3)22(16-20)25-4/h5-16H,1-2H3. The Bertz CT molecular complexity index is 1010. The lowest BCUT2D eigenvalue weighted by molar-refractivity contribution is 0.480. The lowest BCUT2D eigenvalue weighted by Gasteiger charge is -2.26. The first kappa shape index (κ1) is 17.3. The summed E-state index contributed by atoms with van der Waals surface area (Å²) in [5.74, 6) is 1.26. The fourth-order valence-corrected chi connectivity index (χ4v) is 2.86. The van der Waals surface area contributed by atoms with E-state index in [0.717, 1.165) is 5.56 Å². The predicted molar refractivity (Wildman–Crippen MR) is 104 cm³/mol. The Morgan fingerprint density at radius 2 is 1.35 bits per heavy atom. The molecule has 26 heavy (non-hydrogen) atoms. The number of hydrogen-bond donors (Lipinski definition) is 0. The molecule has 0 N–H and O–H groups in total. The zero-order valence-electron chi connectivity index (χ0n) is 14.7. The van der Waals surface area contributed by atoms with Crippen LogP contribution in [0.5, 0.6) is 11.5 Å². The lowest BCUT2D eigenvalue weighted by Crippen LogP contribution is -2.18. The van der Waals surface area contributed by atoms with Crippen LogP contribution in [0.1, 0.15) is 25.0 Å². The largest absolute Gasteiger partial charge is 0.459 e. The van der Waals surface area contributed by atoms with Crippen LogP contribution in [0.4, 0.5) is 11.4 Å². The number of rotatable bonds is 4. The number of nitrogens with zero attached hydrogens (tertiary/aromatic N) is 2. The van der Waals surface area contributed by atoms with Crippen molar-refractivity contribution in [3.63, 3.8) is 0 Å². The monoisotopic (exact) mass is 338 g/mol. The van der Waals surface area contributed by atoms with Gasteiger partial charge in [-0.05, 0) is 35.4 Å². The van der Waals surface area contributed by atoms with E-state index >= 15 is 0 Å². The summed E-state index contributed by atoms with van der Waals surface area (Å²) in [4.78, 5) is 6.75. The molecule has 0 atom stereocenters. The summed E-state index contributed by atoms with van der Waals surface area (Å²) in [6, 6.07) is 23.3. The van der Waals surface area contributed by atoms with Crippen LogP contribution in [-0.4, -0.2) is 0 Å². The summed E-state index contributed by atoms with van der Waals surface area (Å²) >= 11 is 0. The van der Waals surface area contributed by atoms with Gasteiger partial charge in [0.2, 0.25) is 0 Å². The summed E-state index contributed by atoms with van der Waals surface area (Å²) in [5, 5.41) is 0. The Labute approximate surface area is 154 Å². The molecule has 0 fully saturated rings. The molecule has 0 heterocycles. The van der Waals surface area contributed by atoms with Gasteiger partial charge >= 0.3 is 0 Å². The van der Waals surface area contributed by atoms with Crippen molar-refractivity contribution < 1.29 is 4.74 Å². The third-order valence-corrected chi connectivity index (χ3v) is 4.47. The van der Waals surface area contributed by atoms with Crippen LogP contribution in [0.2, 0.25) is 0 Å². The van der Waals surface area contributed by atoms with Crippen LogP contribution in [0.3, 0.4) is 0 Å². The highest BCUT2D eigenvalue weighted by atomic mass is 16.5. The zero-order valence-corrected chi connectivity index (χ0v) is 14.7. The minimum atomic E-state index is -0.156. The molecule has 3 heteroatoms. The Hall–Kier alpha value is -3.56. The molecule has 0 saturated heterocycles. The maximum absolute atomic E-state index is 7.20. The van der Waals surface area contributed by atoms with Gasteiger partial charge in [-0.1, -0.05) is 62.4 Å². The Morgan fingerprint density at radius 1 is 0.692 bits per heavy atom. The van der Waals surface area contributed by atoms with Crippen LogP contribution in [0.25, 0.3) is 9.69 Å². The molecule has 0 bridgehead atoms. The second kappa shape index (κ2) is 7.13. The average molecular weight is 338 g/mol. The minimum Gasteiger partial charge on any atom is -0.459 e. The molecule has 3 rings (SSSR count). The molecule has 0 unspecified atom stereocenters. The molecule has 0 spiro atoms. The van der Waals surface area contributed by atoms with E-state index in [4.69, 9.17) is 17.9 Å². The first-order valence-corrected chi connectivity index (χ1v) is 8.27. The average Bonchev–Trinajstić information content (AvgIpc) is 2.68. The third kappa shape index (κ3) is 3.43. The van der Waals surface area contributed by atoms with Gasteiger partial charge in [-0.15, -0.1) is 0 Å². The summed E-state index contributed by atoms with van der Waals surface area (Å²) < 4.78 is 5.95. The number of hydrogen-bond acceptors (Lipinski definition) is 1. The molecule has 126 valence electrons. The fraction of sp³-hybridized carbons (Fsp3) is 0.130. The van der Waals surface area contributed by atoms with Gasteiger partial charge in [0.05, 0.1) is 13.1 Å². The van der Waals surface area contributed by atoms with Gasteiger partial charge in [-0.2, -0.15) is 0 Å². The van der Waals surface area contributed by atoms with Gasteiger partial charge in [-0.25, -0.2) is 4.85 Å². The highest BCUT2D eigenvalue weighted by Crippen LogP contribution is 2.36. The van der Waals surface area contributed by atoms with Crippen molar-refractivity contribution in [3.05, 3.63) is 107 Å². The Morgan fingerprint density at radius 3 is 2.04 bits per heavy atom. The van der Waals surface area contributed by atoms with Gasteiger partial charge in [0.15, 0.2) is 11.4 Å². The van der Waals surface area contributed by atoms with Crippen molar-refractivity contribution in [1.29, 1.82) is 0 Å². The van der Waals surface area contributed by atoms with Crippen molar-refractivity contribution in [2.75, 3.05) is 0 Å². The molecule has 0 amide bonds. The molecule has 0 saturated carbocycles. The van der Waals surface area contributed by atoms with E-state index in [0.29, 0.717) is 22.9 Å². The normalized spacial score (nSPS) is 10.6. The number of benzene rings is 3. The molecule has 0 aliphatic heterocycles. The Kier molecular flexibility index (Phi) is 4.74. The van der Waals surface area contributed by atoms with E-state index in [2.05, 4.69) is 41.7 Å². The SMILES string of the molecule is [C-]#[N+]c1ccc(Oc2cccc(C(C)(C)c3ccccc3)c2)cc1[N+]#[C-]. The van der Waals surface area contributed by atoms with Crippen molar-refractivity contribution in [3.8, 4) is 11.5 Å². The van der Waals surface area contributed by atoms with E-state index in [9.17, 15) is 0 Å². The van der Waals surface area contributed by atoms with Crippen LogP contribution >= 0.6 is 0 Å².